The Balaban J connectivity index is 1.35. The Bertz CT molecular complexity index is 1890. The highest BCUT2D eigenvalue weighted by Gasteiger charge is 2.39. The number of hydrogen-bond acceptors (Lipinski definition) is 6. The van der Waals surface area contributed by atoms with Gasteiger partial charge in [-0.2, -0.15) is 4.98 Å². The maximum absolute atomic E-state index is 15.6. The monoisotopic (exact) mass is 606 g/mol. The Labute approximate surface area is 248 Å². The number of carboxylic acids is 1. The lowest BCUT2D eigenvalue weighted by Crippen LogP contribution is -2.27. The third-order valence-electron chi connectivity index (χ3n) is 7.75. The molecule has 0 aliphatic carbocycles. The van der Waals surface area contributed by atoms with Crippen molar-refractivity contribution in [2.45, 2.75) is 32.9 Å². The van der Waals surface area contributed by atoms with Crippen LogP contribution in [0.4, 0.5) is 17.6 Å². The van der Waals surface area contributed by atoms with E-state index in [2.05, 4.69) is 15.0 Å². The van der Waals surface area contributed by atoms with Crippen LogP contribution in [0, 0.1) is 28.7 Å². The first-order valence-electron chi connectivity index (χ1n) is 13.7. The fourth-order valence-corrected chi connectivity index (χ4v) is 5.36. The van der Waals surface area contributed by atoms with Gasteiger partial charge in [0.15, 0.2) is 11.6 Å². The molecular weight excluding hydrogens is 580 g/mol. The molecule has 12 heteroatoms. The van der Waals surface area contributed by atoms with Gasteiger partial charge in [-0.15, -0.1) is 0 Å². The van der Waals surface area contributed by atoms with Crippen molar-refractivity contribution in [3.63, 3.8) is 0 Å². The molecule has 0 amide bonds. The predicted octanol–water partition coefficient (Wildman–Crippen LogP) is 6.52. The number of nitrogens with zero attached hydrogens (tertiary/aromatic N) is 4. The summed E-state index contributed by atoms with van der Waals surface area (Å²) in [6.45, 7) is 4.62. The van der Waals surface area contributed by atoms with E-state index >= 15 is 13.2 Å². The zero-order chi connectivity index (χ0) is 31.2. The van der Waals surface area contributed by atoms with E-state index in [1.165, 1.54) is 54.7 Å². The van der Waals surface area contributed by atoms with E-state index in [0.717, 1.165) is 6.07 Å². The number of halogens is 4. The summed E-state index contributed by atoms with van der Waals surface area (Å²) in [6.07, 6.45) is 0.860. The zero-order valence-corrected chi connectivity index (χ0v) is 23.7. The Kier molecular flexibility index (Phi) is 7.54. The summed E-state index contributed by atoms with van der Waals surface area (Å²) >= 11 is 0. The summed E-state index contributed by atoms with van der Waals surface area (Å²) in [5.41, 5.74) is 0.0792. The topological polar surface area (TPSA) is 99.4 Å². The Hall–Kier alpha value is -4.84. The molecule has 1 atom stereocenters. The highest BCUT2D eigenvalue weighted by molar-refractivity contribution is 5.92. The van der Waals surface area contributed by atoms with Crippen molar-refractivity contribution in [1.82, 2.24) is 19.5 Å². The molecule has 0 saturated carbocycles. The molecule has 226 valence electrons. The second kappa shape index (κ2) is 11.3. The minimum absolute atomic E-state index is 0.00826. The number of benzene rings is 3. The molecule has 0 bridgehead atoms. The average Bonchev–Trinajstić information content (AvgIpc) is 3.54. The van der Waals surface area contributed by atoms with Crippen LogP contribution in [0.25, 0.3) is 22.3 Å². The molecule has 1 aliphatic heterocycles. The van der Waals surface area contributed by atoms with Crippen LogP contribution in [0.5, 0.6) is 6.01 Å². The average molecular weight is 607 g/mol. The summed E-state index contributed by atoms with van der Waals surface area (Å²) < 4.78 is 72.9. The van der Waals surface area contributed by atoms with E-state index in [1.54, 1.807) is 4.57 Å². The minimum atomic E-state index is -1.40. The van der Waals surface area contributed by atoms with Gasteiger partial charge in [-0.1, -0.05) is 26.0 Å². The third-order valence-corrected chi connectivity index (χ3v) is 7.75. The molecule has 8 nitrogen and oxygen atoms in total. The van der Waals surface area contributed by atoms with Crippen LogP contribution >= 0.6 is 0 Å². The van der Waals surface area contributed by atoms with Gasteiger partial charge in [0.2, 0.25) is 0 Å². The lowest BCUT2D eigenvalue weighted by atomic mass is 9.87. The van der Waals surface area contributed by atoms with Crippen LogP contribution in [-0.2, 0) is 17.8 Å². The number of rotatable bonds is 8. The van der Waals surface area contributed by atoms with E-state index < -0.39 is 52.2 Å². The highest BCUT2D eigenvalue weighted by atomic mass is 19.2. The molecule has 44 heavy (non-hydrogen) atoms. The molecule has 1 N–H and O–H groups in total. The molecular formula is C32H26F4N4O4. The van der Waals surface area contributed by atoms with Gasteiger partial charge in [-0.05, 0) is 48.0 Å². The summed E-state index contributed by atoms with van der Waals surface area (Å²) in [5, 5.41) is 9.55. The number of ether oxygens (including phenoxy) is 2. The number of aromatic nitrogens is 4. The van der Waals surface area contributed by atoms with Crippen molar-refractivity contribution in [2.24, 2.45) is 5.41 Å². The van der Waals surface area contributed by atoms with Gasteiger partial charge in [0.25, 0.3) is 0 Å². The highest BCUT2D eigenvalue weighted by Crippen LogP contribution is 2.41. The summed E-state index contributed by atoms with van der Waals surface area (Å²) in [7, 11) is 0. The van der Waals surface area contributed by atoms with Gasteiger partial charge in [-0.3, -0.25) is 0 Å². The predicted molar refractivity (Wildman–Crippen MR) is 151 cm³/mol. The molecule has 0 spiro atoms. The quantitative estimate of drug-likeness (QED) is 0.159. The fourth-order valence-electron chi connectivity index (χ4n) is 5.36. The van der Waals surface area contributed by atoms with E-state index in [0.29, 0.717) is 23.2 Å². The number of hydrogen-bond donors (Lipinski definition) is 1. The molecule has 1 fully saturated rings. The molecule has 0 radical (unpaired) electrons. The zero-order valence-electron chi connectivity index (χ0n) is 23.7. The maximum atomic E-state index is 15.6. The van der Waals surface area contributed by atoms with E-state index in [9.17, 15) is 14.3 Å². The SMILES string of the molecule is CC1(C)COCC1n1c(Cc2c(F)cc(-c3ccnc(OCc4ccc(F)cc4)n3)c(F)c2F)nc2ccc(C(=O)O)cc21. The van der Waals surface area contributed by atoms with Gasteiger partial charge >= 0.3 is 12.0 Å². The number of carboxylic acid groups (broad SMARTS) is 1. The molecule has 6 rings (SSSR count). The molecule has 3 heterocycles. The second-order valence-corrected chi connectivity index (χ2v) is 11.3. The van der Waals surface area contributed by atoms with Crippen LogP contribution in [0.2, 0.25) is 0 Å². The van der Waals surface area contributed by atoms with E-state index in [1.807, 2.05) is 13.8 Å². The second-order valence-electron chi connectivity index (χ2n) is 11.3. The van der Waals surface area contributed by atoms with Crippen molar-refractivity contribution < 1.29 is 36.9 Å². The van der Waals surface area contributed by atoms with Crippen LogP contribution in [0.3, 0.4) is 0 Å². The molecule has 1 saturated heterocycles. The Morgan fingerprint density at radius 2 is 1.82 bits per heavy atom. The third kappa shape index (κ3) is 5.48. The van der Waals surface area contributed by atoms with Gasteiger partial charge in [0.1, 0.15) is 24.1 Å². The number of carbonyl (C=O) groups is 1. The molecule has 2 aromatic heterocycles. The van der Waals surface area contributed by atoms with Crippen molar-refractivity contribution in [3.8, 4) is 17.3 Å². The number of fused-ring (bicyclic) bond motifs is 1. The minimum Gasteiger partial charge on any atom is -0.478 e. The number of aromatic carboxylic acids is 1. The molecule has 1 aliphatic rings. The summed E-state index contributed by atoms with van der Waals surface area (Å²) in [4.78, 5) is 24.3. The van der Waals surface area contributed by atoms with Crippen molar-refractivity contribution in [3.05, 3.63) is 107 Å². The van der Waals surface area contributed by atoms with Gasteiger partial charge < -0.3 is 19.1 Å². The molecule has 1 unspecified atom stereocenters. The largest absolute Gasteiger partial charge is 0.478 e. The van der Waals surface area contributed by atoms with Crippen LogP contribution < -0.4 is 4.74 Å². The van der Waals surface area contributed by atoms with Crippen molar-refractivity contribution in [1.29, 1.82) is 0 Å². The van der Waals surface area contributed by atoms with Gasteiger partial charge in [0, 0.05) is 29.2 Å². The first kappa shape index (κ1) is 29.2. The van der Waals surface area contributed by atoms with Crippen LogP contribution in [-0.4, -0.2) is 43.8 Å². The summed E-state index contributed by atoms with van der Waals surface area (Å²) in [6, 6.07) is 11.6. The van der Waals surface area contributed by atoms with Gasteiger partial charge in [-0.25, -0.2) is 32.3 Å². The number of imidazole rings is 1. The summed E-state index contributed by atoms with van der Waals surface area (Å²) in [5.74, 6) is -5.04. The molecule has 5 aromatic rings. The van der Waals surface area contributed by atoms with E-state index in [-0.39, 0.29) is 42.3 Å². The Morgan fingerprint density at radius 1 is 1.05 bits per heavy atom. The normalized spacial score (nSPS) is 16.0. The fraction of sp³-hybridized carbons (Fsp3) is 0.250. The first-order chi connectivity index (χ1) is 21.0. The first-order valence-corrected chi connectivity index (χ1v) is 13.7. The van der Waals surface area contributed by atoms with Crippen molar-refractivity contribution >= 4 is 17.0 Å². The lowest BCUT2D eigenvalue weighted by molar-refractivity contribution is 0.0697. The smallest absolute Gasteiger partial charge is 0.335 e. The maximum Gasteiger partial charge on any atom is 0.335 e. The molecule has 3 aromatic carbocycles. The van der Waals surface area contributed by atoms with Gasteiger partial charge in [0.05, 0.1) is 41.5 Å². The Morgan fingerprint density at radius 3 is 2.52 bits per heavy atom. The lowest BCUT2D eigenvalue weighted by Gasteiger charge is -2.28. The van der Waals surface area contributed by atoms with Crippen molar-refractivity contribution in [2.75, 3.05) is 13.2 Å². The van der Waals surface area contributed by atoms with Crippen LogP contribution in [0.1, 0.15) is 47.2 Å². The van der Waals surface area contributed by atoms with Crippen LogP contribution in [0.15, 0.2) is 60.8 Å². The van der Waals surface area contributed by atoms with E-state index in [4.69, 9.17) is 9.47 Å². The standard InChI is InChI=1S/C32H26F4N4O4/c1-32(2)16-43-15-26(32)40-25-11-18(30(41)42)5-8-24(25)38-27(40)13-20-22(34)12-21(29(36)28(20)35)23-9-10-37-31(39-23)44-14-17-3-6-19(33)7-4-17/h3-12,26H,13-16H2,1-2H3,(H,41,42).